The summed E-state index contributed by atoms with van der Waals surface area (Å²) in [6.45, 7) is 1.52. The quantitative estimate of drug-likeness (QED) is 0.372. The van der Waals surface area contributed by atoms with E-state index in [4.69, 9.17) is 0 Å². The van der Waals surface area contributed by atoms with Gasteiger partial charge in [0.05, 0.1) is 10.6 Å². The van der Waals surface area contributed by atoms with Crippen LogP contribution in [0.15, 0.2) is 58.3 Å². The molecule has 32 heavy (non-hydrogen) atoms. The molecule has 2 aromatic rings. The Morgan fingerprint density at radius 2 is 1.72 bits per heavy atom. The van der Waals surface area contributed by atoms with Crippen molar-refractivity contribution in [3.05, 3.63) is 54.1 Å². The minimum atomic E-state index is -4.92. The second kappa shape index (κ2) is 9.52. The molecular formula is C20H19F6NO3S2. The van der Waals surface area contributed by atoms with Gasteiger partial charge in [0.25, 0.3) is 0 Å². The van der Waals surface area contributed by atoms with Crippen LogP contribution in [0.4, 0.5) is 26.3 Å². The summed E-state index contributed by atoms with van der Waals surface area (Å²) in [6, 6.07) is 10.3. The summed E-state index contributed by atoms with van der Waals surface area (Å²) in [5.74, 6) is -1.04. The van der Waals surface area contributed by atoms with E-state index in [0.29, 0.717) is 26.1 Å². The predicted octanol–water partition coefficient (Wildman–Crippen LogP) is 5.49. The van der Waals surface area contributed by atoms with Gasteiger partial charge in [-0.3, -0.25) is 4.90 Å². The Bertz CT molecular complexity index is 1020. The normalized spacial score (nSPS) is 18.1. The number of likely N-dealkylation sites (tertiary alicyclic amines) is 1. The van der Waals surface area contributed by atoms with Gasteiger partial charge in [0.15, 0.2) is 9.84 Å². The highest BCUT2D eigenvalue weighted by Gasteiger charge is 2.33. The van der Waals surface area contributed by atoms with Crippen LogP contribution in [-0.2, 0) is 16.4 Å². The molecule has 0 spiro atoms. The molecule has 2 aromatic carbocycles. The molecule has 0 amide bonds. The molecule has 1 heterocycles. The minimum absolute atomic E-state index is 0.0865. The molecule has 4 nitrogen and oxygen atoms in total. The standard InChI is InChI=1S/C20H19F6NO3S2/c21-19(22,23)30-16-2-1-3-18(10-16)32(28,29)13-15-8-9-27(12-15)11-14-4-6-17(7-5-14)31-20(24,25)26/h1-7,10,15H,8-9,11-13H2/t15-/m1/s1. The summed E-state index contributed by atoms with van der Waals surface area (Å²) in [6.07, 6.45) is -4.34. The average Bonchev–Trinajstić information content (AvgIpc) is 3.07. The van der Waals surface area contributed by atoms with Crippen molar-refractivity contribution in [3.63, 3.8) is 0 Å². The van der Waals surface area contributed by atoms with Crippen LogP contribution in [0.5, 0.6) is 5.75 Å². The lowest BCUT2D eigenvalue weighted by atomic mass is 10.2. The van der Waals surface area contributed by atoms with Crippen molar-refractivity contribution in [3.8, 4) is 5.75 Å². The first kappa shape index (κ1) is 24.7. The topological polar surface area (TPSA) is 46.6 Å². The highest BCUT2D eigenvalue weighted by atomic mass is 32.2. The highest BCUT2D eigenvalue weighted by Crippen LogP contribution is 2.37. The first-order valence-electron chi connectivity index (χ1n) is 9.45. The molecule has 1 fully saturated rings. The number of sulfone groups is 1. The van der Waals surface area contributed by atoms with Gasteiger partial charge in [-0.1, -0.05) is 18.2 Å². The smallest absolute Gasteiger partial charge is 0.406 e. The van der Waals surface area contributed by atoms with E-state index in [-0.39, 0.29) is 33.2 Å². The fourth-order valence-corrected chi connectivity index (χ4v) is 5.72. The van der Waals surface area contributed by atoms with Gasteiger partial charge in [0.1, 0.15) is 5.75 Å². The third kappa shape index (κ3) is 7.59. The third-order valence-electron chi connectivity index (χ3n) is 4.79. The van der Waals surface area contributed by atoms with E-state index < -0.39 is 27.5 Å². The number of halogens is 6. The van der Waals surface area contributed by atoms with E-state index in [9.17, 15) is 34.8 Å². The molecule has 1 saturated heterocycles. The number of hydrogen-bond donors (Lipinski definition) is 0. The van der Waals surface area contributed by atoms with Crippen LogP contribution >= 0.6 is 11.8 Å². The van der Waals surface area contributed by atoms with Crippen molar-refractivity contribution in [1.29, 1.82) is 0 Å². The Morgan fingerprint density at radius 1 is 1.03 bits per heavy atom. The molecule has 176 valence electrons. The molecule has 0 unspecified atom stereocenters. The van der Waals surface area contributed by atoms with Crippen molar-refractivity contribution >= 4 is 21.6 Å². The van der Waals surface area contributed by atoms with Gasteiger partial charge < -0.3 is 4.74 Å². The fraction of sp³-hybridized carbons (Fsp3) is 0.400. The van der Waals surface area contributed by atoms with Crippen LogP contribution in [0.1, 0.15) is 12.0 Å². The maximum absolute atomic E-state index is 12.7. The van der Waals surface area contributed by atoms with Gasteiger partial charge >= 0.3 is 11.9 Å². The fourth-order valence-electron chi connectivity index (χ4n) is 3.52. The van der Waals surface area contributed by atoms with Crippen molar-refractivity contribution in [2.45, 2.75) is 34.6 Å². The molecule has 0 aromatic heterocycles. The van der Waals surface area contributed by atoms with E-state index in [0.717, 1.165) is 17.7 Å². The Balaban J connectivity index is 1.57. The highest BCUT2D eigenvalue weighted by molar-refractivity contribution is 8.00. The predicted molar refractivity (Wildman–Crippen MR) is 107 cm³/mol. The van der Waals surface area contributed by atoms with Crippen LogP contribution in [0, 0.1) is 5.92 Å². The zero-order valence-corrected chi connectivity index (χ0v) is 18.1. The summed E-state index contributed by atoms with van der Waals surface area (Å²) in [5, 5.41) is 0. The van der Waals surface area contributed by atoms with Crippen molar-refractivity contribution < 1.29 is 39.5 Å². The molecular weight excluding hydrogens is 480 g/mol. The van der Waals surface area contributed by atoms with E-state index in [1.807, 2.05) is 4.90 Å². The molecule has 1 aliphatic rings. The van der Waals surface area contributed by atoms with Gasteiger partial charge in [-0.2, -0.15) is 13.2 Å². The van der Waals surface area contributed by atoms with Crippen molar-refractivity contribution in [2.75, 3.05) is 18.8 Å². The average molecular weight is 499 g/mol. The molecule has 1 aliphatic heterocycles. The van der Waals surface area contributed by atoms with E-state index >= 15 is 0 Å². The molecule has 0 radical (unpaired) electrons. The van der Waals surface area contributed by atoms with Gasteiger partial charge in [-0.15, -0.1) is 13.2 Å². The first-order chi connectivity index (χ1) is 14.8. The number of ether oxygens (including phenoxy) is 1. The summed E-state index contributed by atoms with van der Waals surface area (Å²) >= 11 is -0.191. The maximum Gasteiger partial charge on any atom is 0.573 e. The first-order valence-corrected chi connectivity index (χ1v) is 11.9. The van der Waals surface area contributed by atoms with E-state index in [1.165, 1.54) is 24.3 Å². The largest absolute Gasteiger partial charge is 0.573 e. The molecule has 0 bridgehead atoms. The molecule has 1 atom stereocenters. The molecule has 3 rings (SSSR count). The van der Waals surface area contributed by atoms with Gasteiger partial charge in [0, 0.05) is 18.0 Å². The SMILES string of the molecule is O=S(=O)(C[C@@H]1CCN(Cc2ccc(SC(F)(F)F)cc2)C1)c1cccc(OC(F)(F)F)c1. The number of hydrogen-bond acceptors (Lipinski definition) is 5. The molecule has 0 N–H and O–H groups in total. The number of rotatable bonds is 7. The van der Waals surface area contributed by atoms with Gasteiger partial charge in [0.2, 0.25) is 0 Å². The summed E-state index contributed by atoms with van der Waals surface area (Å²) in [4.78, 5) is 1.84. The molecule has 12 heteroatoms. The van der Waals surface area contributed by atoms with Crippen molar-refractivity contribution in [2.24, 2.45) is 5.92 Å². The Kier molecular flexibility index (Phi) is 7.35. The van der Waals surface area contributed by atoms with Crippen LogP contribution in [-0.4, -0.2) is 44.0 Å². The van der Waals surface area contributed by atoms with Crippen LogP contribution in [0.2, 0.25) is 0 Å². The lowest BCUT2D eigenvalue weighted by Crippen LogP contribution is -2.23. The maximum atomic E-state index is 12.7. The Labute approximate surface area is 185 Å². The number of thioether (sulfide) groups is 1. The van der Waals surface area contributed by atoms with Crippen LogP contribution < -0.4 is 4.74 Å². The molecule has 0 aliphatic carbocycles. The van der Waals surface area contributed by atoms with Crippen LogP contribution in [0.25, 0.3) is 0 Å². The van der Waals surface area contributed by atoms with E-state index in [2.05, 4.69) is 4.74 Å². The lowest BCUT2D eigenvalue weighted by molar-refractivity contribution is -0.274. The summed E-state index contributed by atoms with van der Waals surface area (Å²) in [5.41, 5.74) is -3.55. The molecule has 0 saturated carbocycles. The van der Waals surface area contributed by atoms with E-state index in [1.54, 1.807) is 12.1 Å². The number of benzene rings is 2. The second-order valence-electron chi connectivity index (χ2n) is 7.39. The lowest BCUT2D eigenvalue weighted by Gasteiger charge is -2.17. The third-order valence-corrected chi connectivity index (χ3v) is 7.41. The summed E-state index contributed by atoms with van der Waals surface area (Å²) < 4.78 is 104. The number of nitrogens with zero attached hydrogens (tertiary/aromatic N) is 1. The van der Waals surface area contributed by atoms with Gasteiger partial charge in [-0.05, 0) is 66.5 Å². The van der Waals surface area contributed by atoms with Crippen molar-refractivity contribution in [1.82, 2.24) is 4.90 Å². The zero-order valence-electron chi connectivity index (χ0n) is 16.5. The minimum Gasteiger partial charge on any atom is -0.406 e. The number of alkyl halides is 6. The summed E-state index contributed by atoms with van der Waals surface area (Å²) in [7, 11) is -3.82. The van der Waals surface area contributed by atoms with Crippen LogP contribution in [0.3, 0.4) is 0 Å². The second-order valence-corrected chi connectivity index (χ2v) is 10.6. The van der Waals surface area contributed by atoms with Gasteiger partial charge in [-0.25, -0.2) is 8.42 Å². The Hall–Kier alpha value is -1.92. The zero-order chi connectivity index (χ0) is 23.6. The Morgan fingerprint density at radius 3 is 2.34 bits per heavy atom. The monoisotopic (exact) mass is 499 g/mol.